The molecule has 118 valence electrons. The molecule has 0 atom stereocenters. The van der Waals surface area contributed by atoms with Crippen molar-refractivity contribution in [2.24, 2.45) is 5.92 Å². The number of benzene rings is 1. The number of hydrogen-bond acceptors (Lipinski definition) is 3. The van der Waals surface area contributed by atoms with E-state index in [2.05, 4.69) is 18.6 Å². The number of rotatable bonds is 9. The largest absolute Gasteiger partial charge is 0.481 e. The monoisotopic (exact) mass is 313 g/mol. The summed E-state index contributed by atoms with van der Waals surface area (Å²) in [5, 5.41) is 8.61. The van der Waals surface area contributed by atoms with E-state index in [1.165, 1.54) is 12.1 Å². The molecule has 21 heavy (non-hydrogen) atoms. The molecule has 0 heterocycles. The van der Waals surface area contributed by atoms with Crippen LogP contribution in [-0.4, -0.2) is 26.0 Å². The molecule has 0 fully saturated rings. The van der Waals surface area contributed by atoms with Gasteiger partial charge in [-0.25, -0.2) is 13.1 Å². The lowest BCUT2D eigenvalue weighted by atomic mass is 10.1. The first-order valence-electron chi connectivity index (χ1n) is 7.11. The SMILES string of the molecule is CC(C)CCCNS(=O)(=O)c1ccc(CCC(=O)O)cc1. The van der Waals surface area contributed by atoms with Gasteiger partial charge in [0.05, 0.1) is 4.90 Å². The molecule has 0 spiro atoms. The van der Waals surface area contributed by atoms with Crippen molar-refractivity contribution in [3.05, 3.63) is 29.8 Å². The van der Waals surface area contributed by atoms with Crippen LogP contribution in [0.25, 0.3) is 0 Å². The van der Waals surface area contributed by atoms with Crippen LogP contribution < -0.4 is 4.72 Å². The molecule has 6 heteroatoms. The number of carboxylic acids is 1. The predicted octanol–water partition coefficient (Wildman–Crippen LogP) is 2.42. The maximum atomic E-state index is 12.0. The van der Waals surface area contributed by atoms with Crippen LogP contribution in [0.15, 0.2) is 29.2 Å². The summed E-state index contributed by atoms with van der Waals surface area (Å²) in [4.78, 5) is 10.7. The number of carboxylic acid groups (broad SMARTS) is 1. The Labute approximate surface area is 126 Å². The van der Waals surface area contributed by atoms with E-state index in [9.17, 15) is 13.2 Å². The summed E-state index contributed by atoms with van der Waals surface area (Å²) in [6.45, 7) is 4.63. The van der Waals surface area contributed by atoms with E-state index >= 15 is 0 Å². The van der Waals surface area contributed by atoms with E-state index in [0.29, 0.717) is 18.9 Å². The molecular formula is C15H23NO4S. The number of nitrogens with one attached hydrogen (secondary N) is 1. The molecule has 0 radical (unpaired) electrons. The van der Waals surface area contributed by atoms with Gasteiger partial charge in [0.1, 0.15) is 0 Å². The van der Waals surface area contributed by atoms with Crippen molar-refractivity contribution < 1.29 is 18.3 Å². The second-order valence-corrected chi connectivity index (χ2v) is 7.24. The van der Waals surface area contributed by atoms with E-state index in [0.717, 1.165) is 18.4 Å². The van der Waals surface area contributed by atoms with Gasteiger partial charge in [0, 0.05) is 13.0 Å². The first-order valence-corrected chi connectivity index (χ1v) is 8.60. The van der Waals surface area contributed by atoms with Crippen molar-refractivity contribution in [3.8, 4) is 0 Å². The molecule has 0 saturated carbocycles. The van der Waals surface area contributed by atoms with E-state index in [4.69, 9.17) is 5.11 Å². The lowest BCUT2D eigenvalue weighted by molar-refractivity contribution is -0.136. The Bertz CT molecular complexity index is 550. The van der Waals surface area contributed by atoms with Gasteiger partial charge in [-0.1, -0.05) is 26.0 Å². The molecular weight excluding hydrogens is 290 g/mol. The minimum atomic E-state index is -3.47. The van der Waals surface area contributed by atoms with Crippen molar-refractivity contribution in [1.29, 1.82) is 0 Å². The smallest absolute Gasteiger partial charge is 0.303 e. The molecule has 0 amide bonds. The Morgan fingerprint density at radius 2 is 1.86 bits per heavy atom. The van der Waals surface area contributed by atoms with Crippen LogP contribution >= 0.6 is 0 Å². The molecule has 5 nitrogen and oxygen atoms in total. The Kier molecular flexibility index (Phi) is 6.84. The van der Waals surface area contributed by atoms with E-state index in [1.54, 1.807) is 12.1 Å². The molecule has 1 rings (SSSR count). The molecule has 0 aliphatic rings. The Morgan fingerprint density at radius 3 is 2.38 bits per heavy atom. The summed E-state index contributed by atoms with van der Waals surface area (Å²) in [6.07, 6.45) is 2.24. The molecule has 0 aliphatic carbocycles. The van der Waals surface area contributed by atoms with Gasteiger partial charge in [-0.3, -0.25) is 4.79 Å². The van der Waals surface area contributed by atoms with E-state index < -0.39 is 16.0 Å². The van der Waals surface area contributed by atoms with Gasteiger partial charge in [0.25, 0.3) is 0 Å². The fourth-order valence-corrected chi connectivity index (χ4v) is 2.96. The first kappa shape index (κ1) is 17.7. The third-order valence-electron chi connectivity index (χ3n) is 3.11. The molecule has 2 N–H and O–H groups in total. The lowest BCUT2D eigenvalue weighted by Gasteiger charge is -2.08. The first-order chi connectivity index (χ1) is 9.81. The number of aliphatic carboxylic acids is 1. The molecule has 0 aromatic heterocycles. The predicted molar refractivity (Wildman–Crippen MR) is 81.7 cm³/mol. The van der Waals surface area contributed by atoms with Gasteiger partial charge in [-0.15, -0.1) is 0 Å². The number of sulfonamides is 1. The van der Waals surface area contributed by atoms with Crippen LogP contribution in [-0.2, 0) is 21.2 Å². The Hall–Kier alpha value is -1.40. The fraction of sp³-hybridized carbons (Fsp3) is 0.533. The Balaban J connectivity index is 2.56. The van der Waals surface area contributed by atoms with Gasteiger partial charge >= 0.3 is 5.97 Å². The highest BCUT2D eigenvalue weighted by Crippen LogP contribution is 2.12. The zero-order valence-electron chi connectivity index (χ0n) is 12.5. The topological polar surface area (TPSA) is 83.5 Å². The highest BCUT2D eigenvalue weighted by molar-refractivity contribution is 7.89. The number of aryl methyl sites for hydroxylation is 1. The molecule has 0 aliphatic heterocycles. The maximum Gasteiger partial charge on any atom is 0.303 e. The van der Waals surface area contributed by atoms with Gasteiger partial charge in [0.15, 0.2) is 0 Å². The summed E-state index contributed by atoms with van der Waals surface area (Å²) >= 11 is 0. The summed E-state index contributed by atoms with van der Waals surface area (Å²) in [5.41, 5.74) is 0.816. The molecule has 0 unspecified atom stereocenters. The minimum absolute atomic E-state index is 0.0412. The average Bonchev–Trinajstić information content (AvgIpc) is 2.41. The maximum absolute atomic E-state index is 12.0. The minimum Gasteiger partial charge on any atom is -0.481 e. The number of carbonyl (C=O) groups is 1. The van der Waals surface area contributed by atoms with Crippen molar-refractivity contribution in [3.63, 3.8) is 0 Å². The van der Waals surface area contributed by atoms with Crippen LogP contribution in [0.4, 0.5) is 0 Å². The van der Waals surface area contributed by atoms with Gasteiger partial charge in [0.2, 0.25) is 10.0 Å². The third kappa shape index (κ3) is 6.73. The van der Waals surface area contributed by atoms with Crippen LogP contribution in [0.5, 0.6) is 0 Å². The van der Waals surface area contributed by atoms with Crippen molar-refractivity contribution >= 4 is 16.0 Å². The second kappa shape index (κ2) is 8.14. The summed E-state index contributed by atoms with van der Waals surface area (Å²) in [7, 11) is -3.47. The summed E-state index contributed by atoms with van der Waals surface area (Å²) < 4.78 is 26.7. The zero-order chi connectivity index (χ0) is 15.9. The molecule has 1 aromatic carbocycles. The van der Waals surface area contributed by atoms with Crippen LogP contribution in [0.2, 0.25) is 0 Å². The second-order valence-electron chi connectivity index (χ2n) is 5.47. The Morgan fingerprint density at radius 1 is 1.24 bits per heavy atom. The van der Waals surface area contributed by atoms with E-state index in [1.807, 2.05) is 0 Å². The third-order valence-corrected chi connectivity index (χ3v) is 4.59. The van der Waals surface area contributed by atoms with Gasteiger partial charge < -0.3 is 5.11 Å². The highest BCUT2D eigenvalue weighted by atomic mass is 32.2. The van der Waals surface area contributed by atoms with Crippen LogP contribution in [0, 0.1) is 5.92 Å². The van der Waals surface area contributed by atoms with Crippen LogP contribution in [0.3, 0.4) is 0 Å². The van der Waals surface area contributed by atoms with Crippen molar-refractivity contribution in [1.82, 2.24) is 4.72 Å². The average molecular weight is 313 g/mol. The quantitative estimate of drug-likeness (QED) is 0.686. The van der Waals surface area contributed by atoms with Gasteiger partial charge in [-0.2, -0.15) is 0 Å². The molecule has 0 bridgehead atoms. The van der Waals surface area contributed by atoms with Crippen molar-refractivity contribution in [2.45, 2.75) is 44.4 Å². The van der Waals surface area contributed by atoms with Crippen LogP contribution in [0.1, 0.15) is 38.7 Å². The lowest BCUT2D eigenvalue weighted by Crippen LogP contribution is -2.25. The highest BCUT2D eigenvalue weighted by Gasteiger charge is 2.13. The standard InChI is InChI=1S/C15H23NO4S/c1-12(2)4-3-11-16-21(19,20)14-8-5-13(6-9-14)7-10-15(17)18/h5-6,8-9,12,16H,3-4,7,10-11H2,1-2H3,(H,17,18). The zero-order valence-corrected chi connectivity index (χ0v) is 13.3. The van der Waals surface area contributed by atoms with E-state index in [-0.39, 0.29) is 11.3 Å². The fourth-order valence-electron chi connectivity index (χ4n) is 1.89. The van der Waals surface area contributed by atoms with Crippen molar-refractivity contribution in [2.75, 3.05) is 6.54 Å². The number of hydrogen-bond donors (Lipinski definition) is 2. The summed E-state index contributed by atoms with van der Waals surface area (Å²) in [6, 6.07) is 6.35. The molecule has 0 saturated heterocycles. The molecule has 1 aromatic rings. The van der Waals surface area contributed by atoms with Gasteiger partial charge in [-0.05, 0) is 42.9 Å². The summed E-state index contributed by atoms with van der Waals surface area (Å²) in [5.74, 6) is -0.304. The normalized spacial score (nSPS) is 11.8.